The minimum Gasteiger partial charge on any atom is -0.308 e. The fraction of sp³-hybridized carbons (Fsp3) is 0.333. The molecule has 3 aromatic heterocycles. The van der Waals surface area contributed by atoms with Crippen molar-refractivity contribution in [2.75, 3.05) is 5.32 Å². The molecule has 1 amide bonds. The molecule has 4 aromatic rings. The molecule has 5 rings (SSSR count). The molecule has 34 heavy (non-hydrogen) atoms. The predicted molar refractivity (Wildman–Crippen MR) is 125 cm³/mol. The van der Waals surface area contributed by atoms with Crippen LogP contribution in [0.4, 0.5) is 14.6 Å². The third-order valence-electron chi connectivity index (χ3n) is 5.92. The van der Waals surface area contributed by atoms with Crippen LogP contribution in [0.1, 0.15) is 53.4 Å². The molecule has 1 saturated carbocycles. The molecule has 1 fully saturated rings. The van der Waals surface area contributed by atoms with Crippen molar-refractivity contribution in [2.45, 2.75) is 52.1 Å². The number of halogens is 3. The van der Waals surface area contributed by atoms with Crippen molar-refractivity contribution in [3.63, 3.8) is 0 Å². The Morgan fingerprint density at radius 3 is 2.68 bits per heavy atom. The second-order valence-electron chi connectivity index (χ2n) is 8.66. The third kappa shape index (κ3) is 4.52. The Morgan fingerprint density at radius 2 is 1.97 bits per heavy atom. The number of hydrogen-bond donors (Lipinski definition) is 1. The lowest BCUT2D eigenvalue weighted by molar-refractivity contribution is -0.116. The molecule has 1 aliphatic rings. The quantitative estimate of drug-likeness (QED) is 0.381. The van der Waals surface area contributed by atoms with Crippen LogP contribution in [0.25, 0.3) is 11.0 Å². The Hall–Kier alpha value is -3.33. The van der Waals surface area contributed by atoms with Gasteiger partial charge in [0.2, 0.25) is 5.91 Å². The molecule has 1 aliphatic carbocycles. The molecule has 10 heteroatoms. The number of nitrogens with one attached hydrogen (secondary N) is 1. The van der Waals surface area contributed by atoms with Gasteiger partial charge in [-0.3, -0.25) is 9.48 Å². The number of benzene rings is 1. The van der Waals surface area contributed by atoms with Gasteiger partial charge in [-0.05, 0) is 50.5 Å². The average Bonchev–Trinajstić information content (AvgIpc) is 3.51. The van der Waals surface area contributed by atoms with E-state index in [4.69, 9.17) is 11.6 Å². The van der Waals surface area contributed by atoms with Gasteiger partial charge in [0.15, 0.2) is 11.5 Å². The Labute approximate surface area is 199 Å². The van der Waals surface area contributed by atoms with E-state index in [0.717, 1.165) is 24.1 Å². The number of anilines is 1. The molecule has 0 unspecified atom stereocenters. The van der Waals surface area contributed by atoms with Gasteiger partial charge in [0.25, 0.3) is 6.43 Å². The van der Waals surface area contributed by atoms with Gasteiger partial charge in [0.1, 0.15) is 6.54 Å². The van der Waals surface area contributed by atoms with Crippen LogP contribution in [-0.2, 0) is 17.9 Å². The van der Waals surface area contributed by atoms with Crippen LogP contribution in [0.3, 0.4) is 0 Å². The highest BCUT2D eigenvalue weighted by Gasteiger charge is 2.29. The van der Waals surface area contributed by atoms with Crippen LogP contribution in [0, 0.1) is 13.8 Å². The summed E-state index contributed by atoms with van der Waals surface area (Å²) in [6.45, 7) is 3.90. The molecule has 0 bridgehead atoms. The molecular formula is C24H23ClF2N6O. The van der Waals surface area contributed by atoms with Gasteiger partial charge in [0.05, 0.1) is 17.6 Å². The van der Waals surface area contributed by atoms with Crippen LogP contribution in [0.15, 0.2) is 36.4 Å². The minimum absolute atomic E-state index is 0.0774. The number of nitrogens with zero attached hydrogens (tertiary/aromatic N) is 5. The van der Waals surface area contributed by atoms with Gasteiger partial charge in [-0.15, -0.1) is 0 Å². The summed E-state index contributed by atoms with van der Waals surface area (Å²) in [6, 6.07) is 10.7. The Kier molecular flexibility index (Phi) is 5.81. The molecule has 0 aliphatic heterocycles. The molecule has 0 spiro atoms. The van der Waals surface area contributed by atoms with Crippen LogP contribution >= 0.6 is 11.6 Å². The number of pyridine rings is 1. The first-order valence-corrected chi connectivity index (χ1v) is 11.4. The maximum Gasteiger partial charge on any atom is 0.264 e. The van der Waals surface area contributed by atoms with Gasteiger partial charge in [-0.2, -0.15) is 10.2 Å². The number of hydrogen-bond acceptors (Lipinski definition) is 4. The van der Waals surface area contributed by atoms with E-state index >= 15 is 0 Å². The number of fused-ring (bicyclic) bond motifs is 1. The molecule has 7 nitrogen and oxygen atoms in total. The summed E-state index contributed by atoms with van der Waals surface area (Å²) >= 11 is 6.06. The molecular weight excluding hydrogens is 462 g/mol. The fourth-order valence-corrected chi connectivity index (χ4v) is 4.35. The molecule has 176 valence electrons. The van der Waals surface area contributed by atoms with Gasteiger partial charge >= 0.3 is 0 Å². The Bertz CT molecular complexity index is 1390. The normalized spacial score (nSPS) is 13.7. The summed E-state index contributed by atoms with van der Waals surface area (Å²) in [7, 11) is 0. The number of aromatic nitrogens is 5. The topological polar surface area (TPSA) is 77.6 Å². The summed E-state index contributed by atoms with van der Waals surface area (Å²) in [5, 5.41) is 12.5. The molecule has 0 radical (unpaired) electrons. The first-order valence-electron chi connectivity index (χ1n) is 11.0. The zero-order chi connectivity index (χ0) is 24.0. The van der Waals surface area contributed by atoms with Gasteiger partial charge in [-0.25, -0.2) is 18.4 Å². The van der Waals surface area contributed by atoms with Crippen molar-refractivity contribution in [1.82, 2.24) is 24.5 Å². The summed E-state index contributed by atoms with van der Waals surface area (Å²) in [4.78, 5) is 17.4. The number of carbonyl (C=O) groups excluding carboxylic acids is 1. The maximum absolute atomic E-state index is 13.8. The zero-order valence-electron chi connectivity index (χ0n) is 18.7. The zero-order valence-corrected chi connectivity index (χ0v) is 19.5. The minimum atomic E-state index is -2.64. The number of rotatable bonds is 7. The van der Waals surface area contributed by atoms with E-state index in [1.165, 1.54) is 10.7 Å². The fourth-order valence-electron chi connectivity index (χ4n) is 4.14. The van der Waals surface area contributed by atoms with Crippen molar-refractivity contribution in [3.8, 4) is 0 Å². The molecule has 0 saturated heterocycles. The van der Waals surface area contributed by atoms with E-state index in [-0.39, 0.29) is 23.9 Å². The van der Waals surface area contributed by atoms with E-state index < -0.39 is 6.43 Å². The summed E-state index contributed by atoms with van der Waals surface area (Å²) in [5.74, 6) is 0.234. The molecule has 3 heterocycles. The van der Waals surface area contributed by atoms with Crippen LogP contribution in [0.5, 0.6) is 0 Å². The Morgan fingerprint density at radius 1 is 1.18 bits per heavy atom. The molecule has 1 N–H and O–H groups in total. The third-order valence-corrected chi connectivity index (χ3v) is 6.16. The average molecular weight is 485 g/mol. The second kappa shape index (κ2) is 8.79. The first-order chi connectivity index (χ1) is 16.3. The highest BCUT2D eigenvalue weighted by molar-refractivity contribution is 6.30. The smallest absolute Gasteiger partial charge is 0.264 e. The maximum atomic E-state index is 13.8. The summed E-state index contributed by atoms with van der Waals surface area (Å²) < 4.78 is 30.7. The lowest BCUT2D eigenvalue weighted by atomic mass is 10.1. The largest absolute Gasteiger partial charge is 0.308 e. The Balaban J connectivity index is 1.36. The standard InChI is InChI=1S/C24H23ClF2N6O/c1-13-8-20(31-32(13)11-15-4-3-5-17(25)9-15)29-21(34)12-33-24-22(14(2)30-33)18(23(26)27)10-19(28-24)16-6-7-16/h3-5,8-10,16,23H,6-7,11-12H2,1-2H3,(H,29,31,34). The number of amides is 1. The van der Waals surface area contributed by atoms with Crippen LogP contribution < -0.4 is 5.32 Å². The van der Waals surface area contributed by atoms with Crippen molar-refractivity contribution in [2.24, 2.45) is 0 Å². The summed E-state index contributed by atoms with van der Waals surface area (Å²) in [6.07, 6.45) is -0.766. The second-order valence-corrected chi connectivity index (χ2v) is 9.10. The van der Waals surface area contributed by atoms with E-state index in [1.54, 1.807) is 23.7 Å². The monoisotopic (exact) mass is 484 g/mol. The highest BCUT2D eigenvalue weighted by atomic mass is 35.5. The van der Waals surface area contributed by atoms with Crippen molar-refractivity contribution in [1.29, 1.82) is 0 Å². The van der Waals surface area contributed by atoms with Gasteiger partial charge in [-0.1, -0.05) is 23.7 Å². The van der Waals surface area contributed by atoms with Crippen LogP contribution in [-0.4, -0.2) is 30.5 Å². The van der Waals surface area contributed by atoms with Crippen molar-refractivity contribution < 1.29 is 13.6 Å². The van der Waals surface area contributed by atoms with E-state index in [2.05, 4.69) is 20.5 Å². The van der Waals surface area contributed by atoms with Gasteiger partial charge < -0.3 is 5.32 Å². The van der Waals surface area contributed by atoms with Gasteiger partial charge in [0, 0.05) is 34.0 Å². The van der Waals surface area contributed by atoms with Crippen molar-refractivity contribution in [3.05, 3.63) is 69.6 Å². The predicted octanol–water partition coefficient (Wildman–Crippen LogP) is 5.40. The number of aryl methyl sites for hydroxylation is 2. The lowest BCUT2D eigenvalue weighted by Crippen LogP contribution is -2.20. The molecule has 1 aromatic carbocycles. The first kappa shape index (κ1) is 22.5. The van der Waals surface area contributed by atoms with E-state index in [9.17, 15) is 13.6 Å². The van der Waals surface area contributed by atoms with Crippen LogP contribution in [0.2, 0.25) is 5.02 Å². The number of alkyl halides is 2. The highest BCUT2D eigenvalue weighted by Crippen LogP contribution is 2.41. The summed E-state index contributed by atoms with van der Waals surface area (Å²) in [5.41, 5.74) is 3.16. The van der Waals surface area contributed by atoms with Crippen molar-refractivity contribution >= 4 is 34.4 Å². The van der Waals surface area contributed by atoms with E-state index in [1.807, 2.05) is 25.1 Å². The SMILES string of the molecule is Cc1nn(CC(=O)Nc2cc(C)n(Cc3cccc(Cl)c3)n2)c2nc(C3CC3)cc(C(F)F)c12. The van der Waals surface area contributed by atoms with E-state index in [0.29, 0.717) is 39.8 Å². The number of carbonyl (C=O) groups is 1. The molecule has 0 atom stereocenters. The lowest BCUT2D eigenvalue weighted by Gasteiger charge is -2.08.